The fourth-order valence-electron chi connectivity index (χ4n) is 8.71. The number of piperidine rings is 1. The zero-order valence-electron chi connectivity index (χ0n) is 20.1. The van der Waals surface area contributed by atoms with Crippen molar-refractivity contribution in [3.05, 3.63) is 41.5 Å². The molecule has 0 bridgehead atoms. The number of amides is 1. The van der Waals surface area contributed by atoms with E-state index in [1.807, 2.05) is 0 Å². The first-order chi connectivity index (χ1) is 15.3. The van der Waals surface area contributed by atoms with Crippen LogP contribution in [0.15, 0.2) is 35.9 Å². The van der Waals surface area contributed by atoms with Crippen molar-refractivity contribution in [3.8, 4) is 0 Å². The largest absolute Gasteiger partial charge is 0.342 e. The minimum absolute atomic E-state index is 0.222. The van der Waals surface area contributed by atoms with E-state index in [4.69, 9.17) is 4.84 Å². The number of aryl methyl sites for hydroxylation is 1. The van der Waals surface area contributed by atoms with Crippen molar-refractivity contribution < 1.29 is 9.63 Å². The number of carbonyl (C=O) groups excluding carboxylic acids is 1. The van der Waals surface area contributed by atoms with Gasteiger partial charge in [0.05, 0.1) is 12.2 Å². The highest BCUT2D eigenvalue weighted by Crippen LogP contribution is 2.66. The summed E-state index contributed by atoms with van der Waals surface area (Å²) in [6.45, 7) is 8.03. The lowest BCUT2D eigenvalue weighted by molar-refractivity contribution is -0.156. The van der Waals surface area contributed by atoms with E-state index in [1.54, 1.807) is 5.57 Å². The summed E-state index contributed by atoms with van der Waals surface area (Å²) >= 11 is 0. The monoisotopic (exact) mass is 434 g/mol. The van der Waals surface area contributed by atoms with E-state index in [0.29, 0.717) is 17.9 Å². The van der Waals surface area contributed by atoms with Crippen molar-refractivity contribution in [2.24, 2.45) is 28.6 Å². The van der Waals surface area contributed by atoms with Gasteiger partial charge in [-0.05, 0) is 91.7 Å². The van der Waals surface area contributed by atoms with Gasteiger partial charge in [0.15, 0.2) is 0 Å². The first kappa shape index (κ1) is 20.8. The molecule has 7 atom stereocenters. The second-order valence-electron chi connectivity index (χ2n) is 11.8. The first-order valence-corrected chi connectivity index (χ1v) is 12.8. The second kappa shape index (κ2) is 7.09. The number of hydrogen-bond acceptors (Lipinski definition) is 3. The summed E-state index contributed by atoms with van der Waals surface area (Å²) in [5.41, 5.74) is 4.58. The molecule has 0 N–H and O–H groups in total. The van der Waals surface area contributed by atoms with Crippen molar-refractivity contribution in [3.63, 3.8) is 0 Å². The molecule has 32 heavy (non-hydrogen) atoms. The van der Waals surface area contributed by atoms with Gasteiger partial charge in [0.25, 0.3) is 0 Å². The number of hydrogen-bond donors (Lipinski definition) is 0. The predicted molar refractivity (Wildman–Crippen MR) is 127 cm³/mol. The van der Waals surface area contributed by atoms with E-state index in [0.717, 1.165) is 43.3 Å². The highest BCUT2D eigenvalue weighted by molar-refractivity contribution is 5.77. The fourth-order valence-corrected chi connectivity index (χ4v) is 8.71. The Morgan fingerprint density at radius 1 is 1.03 bits per heavy atom. The molecule has 0 aromatic heterocycles. The van der Waals surface area contributed by atoms with Crippen molar-refractivity contribution in [1.29, 1.82) is 0 Å². The van der Waals surface area contributed by atoms with Gasteiger partial charge in [0.1, 0.15) is 6.10 Å². The third-order valence-corrected chi connectivity index (χ3v) is 10.5. The Bertz CT molecular complexity index is 955. The predicted octanol–water partition coefficient (Wildman–Crippen LogP) is 5.51. The Kier molecular flexibility index (Phi) is 4.60. The lowest BCUT2D eigenvalue weighted by atomic mass is 9.47. The molecule has 172 valence electrons. The second-order valence-corrected chi connectivity index (χ2v) is 11.8. The van der Waals surface area contributed by atoms with Crippen LogP contribution in [-0.4, -0.2) is 36.5 Å². The van der Waals surface area contributed by atoms with Gasteiger partial charge in [-0.25, -0.2) is 5.06 Å². The molecular formula is C28H38N2O2. The summed E-state index contributed by atoms with van der Waals surface area (Å²) in [5.74, 6) is 2.56. The third kappa shape index (κ3) is 2.81. The van der Waals surface area contributed by atoms with E-state index in [1.165, 1.54) is 31.2 Å². The molecule has 2 aliphatic heterocycles. The molecule has 2 heterocycles. The number of fused-ring (bicyclic) bond motifs is 7. The summed E-state index contributed by atoms with van der Waals surface area (Å²) in [4.78, 5) is 21.2. The molecule has 0 spiro atoms. The SMILES string of the molecule is Cc1ccc(N2CC=C3[C@H](C[C@H]4[C@@H]5CCC6N(C)C(=O)CC[C@]6(C)[C@H]5CC[C@]34C)O2)cc1. The van der Waals surface area contributed by atoms with E-state index in [9.17, 15) is 4.79 Å². The highest BCUT2D eigenvalue weighted by atomic mass is 16.7. The van der Waals surface area contributed by atoms with Crippen LogP contribution in [0.25, 0.3) is 0 Å². The molecule has 1 aromatic carbocycles. The van der Waals surface area contributed by atoms with E-state index >= 15 is 0 Å². The van der Waals surface area contributed by atoms with Gasteiger partial charge >= 0.3 is 0 Å². The van der Waals surface area contributed by atoms with Crippen molar-refractivity contribution in [2.75, 3.05) is 18.7 Å². The number of benzene rings is 1. The average Bonchev–Trinajstić information content (AvgIpc) is 3.09. The topological polar surface area (TPSA) is 32.8 Å². The highest BCUT2D eigenvalue weighted by Gasteiger charge is 2.62. The number of rotatable bonds is 1. The van der Waals surface area contributed by atoms with E-state index < -0.39 is 0 Å². The quantitative estimate of drug-likeness (QED) is 0.546. The summed E-state index contributed by atoms with van der Waals surface area (Å²) in [6.07, 6.45) is 10.7. The van der Waals surface area contributed by atoms with Crippen molar-refractivity contribution in [1.82, 2.24) is 4.90 Å². The van der Waals surface area contributed by atoms with Crippen LogP contribution in [0.5, 0.6) is 0 Å². The summed E-state index contributed by atoms with van der Waals surface area (Å²) in [6, 6.07) is 9.13. The Balaban J connectivity index is 1.26. The number of nitrogens with zero attached hydrogens (tertiary/aromatic N) is 2. The maximum absolute atomic E-state index is 12.4. The molecule has 5 aliphatic rings. The minimum atomic E-state index is 0.222. The van der Waals surface area contributed by atoms with Crippen LogP contribution in [0, 0.1) is 35.5 Å². The molecule has 3 aliphatic carbocycles. The van der Waals surface area contributed by atoms with Crippen LogP contribution in [-0.2, 0) is 9.63 Å². The van der Waals surface area contributed by atoms with E-state index in [-0.39, 0.29) is 16.9 Å². The summed E-state index contributed by atoms with van der Waals surface area (Å²) in [7, 11) is 2.06. The molecule has 1 amide bonds. The Morgan fingerprint density at radius 3 is 2.59 bits per heavy atom. The number of likely N-dealkylation sites (tertiary alicyclic amines) is 1. The molecule has 6 rings (SSSR count). The van der Waals surface area contributed by atoms with Crippen molar-refractivity contribution >= 4 is 11.6 Å². The van der Waals surface area contributed by atoms with Gasteiger partial charge in [0, 0.05) is 19.5 Å². The van der Waals surface area contributed by atoms with Crippen LogP contribution in [0.4, 0.5) is 5.69 Å². The normalized spacial score (nSPS) is 43.2. The molecular weight excluding hydrogens is 396 g/mol. The number of anilines is 1. The van der Waals surface area contributed by atoms with Crippen molar-refractivity contribution in [2.45, 2.75) is 77.9 Å². The van der Waals surface area contributed by atoms with Crippen LogP contribution >= 0.6 is 0 Å². The fraction of sp³-hybridized carbons (Fsp3) is 0.679. The van der Waals surface area contributed by atoms with Gasteiger partial charge in [-0.2, -0.15) is 0 Å². The lowest BCUT2D eigenvalue weighted by Crippen LogP contribution is -2.61. The smallest absolute Gasteiger partial charge is 0.222 e. The molecule has 4 nitrogen and oxygen atoms in total. The lowest BCUT2D eigenvalue weighted by Gasteiger charge is -2.61. The molecule has 4 heteroatoms. The van der Waals surface area contributed by atoms with Gasteiger partial charge in [0.2, 0.25) is 5.91 Å². The maximum atomic E-state index is 12.4. The zero-order valence-corrected chi connectivity index (χ0v) is 20.1. The molecule has 4 fully saturated rings. The van der Waals surface area contributed by atoms with E-state index in [2.05, 4.69) is 68.1 Å². The average molecular weight is 435 g/mol. The van der Waals surface area contributed by atoms with Crippen LogP contribution in [0.1, 0.15) is 64.4 Å². The maximum Gasteiger partial charge on any atom is 0.222 e. The number of hydroxylamine groups is 1. The van der Waals surface area contributed by atoms with Gasteiger partial charge in [-0.1, -0.05) is 37.6 Å². The van der Waals surface area contributed by atoms with Crippen LogP contribution < -0.4 is 5.06 Å². The van der Waals surface area contributed by atoms with Gasteiger partial charge < -0.3 is 4.90 Å². The minimum Gasteiger partial charge on any atom is -0.342 e. The summed E-state index contributed by atoms with van der Waals surface area (Å²) in [5, 5.41) is 2.10. The number of carbonyl (C=O) groups is 1. The Labute approximate surface area is 192 Å². The third-order valence-electron chi connectivity index (χ3n) is 10.5. The Hall–Kier alpha value is -1.81. The molecule has 1 unspecified atom stereocenters. The van der Waals surface area contributed by atoms with Crippen LogP contribution in [0.2, 0.25) is 0 Å². The molecule has 3 saturated carbocycles. The zero-order chi connectivity index (χ0) is 22.3. The Morgan fingerprint density at radius 2 is 1.81 bits per heavy atom. The van der Waals surface area contributed by atoms with Gasteiger partial charge in [-0.3, -0.25) is 9.63 Å². The molecule has 0 radical (unpaired) electrons. The molecule has 1 saturated heterocycles. The van der Waals surface area contributed by atoms with Crippen LogP contribution in [0.3, 0.4) is 0 Å². The summed E-state index contributed by atoms with van der Waals surface area (Å²) < 4.78 is 0. The first-order valence-electron chi connectivity index (χ1n) is 12.8. The van der Waals surface area contributed by atoms with Gasteiger partial charge in [-0.15, -0.1) is 0 Å². The standard InChI is InChI=1S/C28H38N2O2/c1-18-5-7-19(8-6-18)30-16-13-22-24(32-30)17-23-20-9-10-25-28(3,15-12-26(31)29(25)4)21(20)11-14-27(22,23)2/h5-8,13,20-21,23-25H,9-12,14-17H2,1-4H3/t20-,21+,23+,24+,25?,27-,28-/m1/s1. The molecule has 1 aromatic rings.